The fourth-order valence-corrected chi connectivity index (χ4v) is 4.05. The van der Waals surface area contributed by atoms with E-state index in [-0.39, 0.29) is 6.04 Å². The molecule has 4 heteroatoms. The van der Waals surface area contributed by atoms with Crippen molar-refractivity contribution in [3.8, 4) is 0 Å². The van der Waals surface area contributed by atoms with Gasteiger partial charge in [0.05, 0.1) is 6.04 Å². The Morgan fingerprint density at radius 3 is 2.58 bits per heavy atom. The Bertz CT molecular complexity index is 560. The van der Waals surface area contributed by atoms with E-state index in [4.69, 9.17) is 11.6 Å². The van der Waals surface area contributed by atoms with Crippen LogP contribution in [0.2, 0.25) is 4.34 Å². The van der Waals surface area contributed by atoms with E-state index in [1.165, 1.54) is 21.6 Å². The van der Waals surface area contributed by atoms with Crippen molar-refractivity contribution < 1.29 is 0 Å². The average molecular weight is 359 g/mol. The minimum Gasteiger partial charge on any atom is -0.306 e. The molecule has 0 saturated heterocycles. The maximum atomic E-state index is 6.17. The summed E-state index contributed by atoms with van der Waals surface area (Å²) in [6, 6.07) is 8.92. The molecule has 0 fully saturated rings. The van der Waals surface area contributed by atoms with E-state index in [2.05, 4.69) is 66.3 Å². The largest absolute Gasteiger partial charge is 0.306 e. The number of rotatable bonds is 4. The van der Waals surface area contributed by atoms with Crippen LogP contribution in [-0.4, -0.2) is 6.54 Å². The number of thiophene rings is 1. The van der Waals surface area contributed by atoms with E-state index in [1.807, 2.05) is 0 Å². The summed E-state index contributed by atoms with van der Waals surface area (Å²) in [6.07, 6.45) is 0. The van der Waals surface area contributed by atoms with Gasteiger partial charge in [0.15, 0.2) is 0 Å². The van der Waals surface area contributed by atoms with E-state index in [0.717, 1.165) is 15.4 Å². The molecule has 2 aromatic rings. The molecule has 1 N–H and O–H groups in total. The molecule has 0 aliphatic heterocycles. The molecule has 0 radical (unpaired) electrons. The van der Waals surface area contributed by atoms with Gasteiger partial charge in [-0.25, -0.2) is 0 Å². The van der Waals surface area contributed by atoms with Crippen molar-refractivity contribution in [1.82, 2.24) is 5.32 Å². The lowest BCUT2D eigenvalue weighted by Gasteiger charge is -2.19. The van der Waals surface area contributed by atoms with Crippen molar-refractivity contribution >= 4 is 38.9 Å². The minimum absolute atomic E-state index is 0.208. The van der Waals surface area contributed by atoms with Gasteiger partial charge in [-0.05, 0) is 53.5 Å². The molecule has 0 spiro atoms. The predicted octanol–water partition coefficient (Wildman–Crippen LogP) is 5.48. The summed E-state index contributed by atoms with van der Waals surface area (Å²) in [5.74, 6) is 0. The number of hydrogen-bond donors (Lipinski definition) is 1. The summed E-state index contributed by atoms with van der Waals surface area (Å²) in [5.41, 5.74) is 3.92. The van der Waals surface area contributed by atoms with Gasteiger partial charge in [0.25, 0.3) is 0 Å². The second-order valence-corrected chi connectivity index (χ2v) is 7.16. The minimum atomic E-state index is 0.208. The van der Waals surface area contributed by atoms with Crippen LogP contribution in [0.15, 0.2) is 28.7 Å². The first-order valence-electron chi connectivity index (χ1n) is 6.28. The van der Waals surface area contributed by atoms with Crippen LogP contribution in [-0.2, 0) is 0 Å². The first-order valence-corrected chi connectivity index (χ1v) is 8.27. The summed E-state index contributed by atoms with van der Waals surface area (Å²) in [6.45, 7) is 7.33. The SMILES string of the molecule is CCNC(c1cc(Br)c(Cl)s1)c1ccc(C)cc1C. The lowest BCUT2D eigenvalue weighted by Crippen LogP contribution is -2.21. The maximum Gasteiger partial charge on any atom is 0.107 e. The Morgan fingerprint density at radius 1 is 1.32 bits per heavy atom. The third-order valence-electron chi connectivity index (χ3n) is 3.09. The highest BCUT2D eigenvalue weighted by Gasteiger charge is 2.18. The smallest absolute Gasteiger partial charge is 0.107 e. The fourth-order valence-electron chi connectivity index (χ4n) is 2.22. The van der Waals surface area contributed by atoms with Crippen molar-refractivity contribution in [3.63, 3.8) is 0 Å². The van der Waals surface area contributed by atoms with Crippen molar-refractivity contribution in [1.29, 1.82) is 0 Å². The zero-order valence-corrected chi connectivity index (χ0v) is 14.4. The van der Waals surface area contributed by atoms with E-state index in [1.54, 1.807) is 11.3 Å². The highest BCUT2D eigenvalue weighted by molar-refractivity contribution is 9.10. The van der Waals surface area contributed by atoms with Gasteiger partial charge >= 0.3 is 0 Å². The molecule has 1 unspecified atom stereocenters. The van der Waals surface area contributed by atoms with Gasteiger partial charge in [0.1, 0.15) is 4.34 Å². The normalized spacial score (nSPS) is 12.7. The molecule has 1 aromatic heterocycles. The summed E-state index contributed by atoms with van der Waals surface area (Å²) < 4.78 is 1.78. The molecule has 1 aromatic carbocycles. The molecule has 1 atom stereocenters. The van der Waals surface area contributed by atoms with Crippen molar-refractivity contribution in [2.75, 3.05) is 6.54 Å². The van der Waals surface area contributed by atoms with Crippen LogP contribution in [0.1, 0.15) is 34.5 Å². The number of benzene rings is 1. The van der Waals surface area contributed by atoms with E-state index in [0.29, 0.717) is 0 Å². The average Bonchev–Trinajstić information content (AvgIpc) is 2.67. The van der Waals surface area contributed by atoms with Gasteiger partial charge in [0, 0.05) is 9.35 Å². The molecular weight excluding hydrogens is 342 g/mol. The van der Waals surface area contributed by atoms with Crippen LogP contribution < -0.4 is 5.32 Å². The van der Waals surface area contributed by atoms with Gasteiger partial charge < -0.3 is 5.32 Å². The summed E-state index contributed by atoms with van der Waals surface area (Å²) >= 11 is 11.3. The van der Waals surface area contributed by atoms with Crippen LogP contribution in [0.5, 0.6) is 0 Å². The molecule has 0 saturated carbocycles. The molecule has 0 aliphatic carbocycles. The molecular formula is C15H17BrClNS. The third kappa shape index (κ3) is 3.40. The topological polar surface area (TPSA) is 12.0 Å². The maximum absolute atomic E-state index is 6.17. The highest BCUT2D eigenvalue weighted by Crippen LogP contribution is 2.38. The van der Waals surface area contributed by atoms with Crippen LogP contribution in [0.3, 0.4) is 0 Å². The van der Waals surface area contributed by atoms with Gasteiger partial charge in [-0.2, -0.15) is 0 Å². The molecule has 0 aliphatic rings. The number of halogens is 2. The van der Waals surface area contributed by atoms with Gasteiger partial charge in [-0.3, -0.25) is 0 Å². The Kier molecular flexibility index (Phi) is 5.07. The summed E-state index contributed by atoms with van der Waals surface area (Å²) in [7, 11) is 0. The molecule has 2 rings (SSSR count). The predicted molar refractivity (Wildman–Crippen MR) is 88.5 cm³/mol. The summed E-state index contributed by atoms with van der Waals surface area (Å²) in [5, 5.41) is 3.55. The highest BCUT2D eigenvalue weighted by atomic mass is 79.9. The zero-order chi connectivity index (χ0) is 14.0. The van der Waals surface area contributed by atoms with Crippen molar-refractivity contribution in [3.05, 3.63) is 54.6 Å². The Hall–Kier alpha value is -0.350. The molecule has 1 nitrogen and oxygen atoms in total. The fraction of sp³-hybridized carbons (Fsp3) is 0.333. The van der Waals surface area contributed by atoms with Crippen LogP contribution >= 0.6 is 38.9 Å². The van der Waals surface area contributed by atoms with E-state index >= 15 is 0 Å². The number of nitrogens with one attached hydrogen (secondary N) is 1. The Morgan fingerprint density at radius 2 is 2.05 bits per heavy atom. The lowest BCUT2D eigenvalue weighted by atomic mass is 9.98. The molecule has 1 heterocycles. The molecule has 0 bridgehead atoms. The standard InChI is InChI=1S/C15H17BrClNS/c1-4-18-14(13-8-12(16)15(17)19-13)11-6-5-9(2)7-10(11)3/h5-8,14,18H,4H2,1-3H3. The van der Waals surface area contributed by atoms with Crippen molar-refractivity contribution in [2.45, 2.75) is 26.8 Å². The third-order valence-corrected chi connectivity index (χ3v) is 5.63. The van der Waals surface area contributed by atoms with Crippen LogP contribution in [0.4, 0.5) is 0 Å². The van der Waals surface area contributed by atoms with Gasteiger partial charge in [-0.15, -0.1) is 11.3 Å². The lowest BCUT2D eigenvalue weighted by molar-refractivity contribution is 0.636. The van der Waals surface area contributed by atoms with E-state index < -0.39 is 0 Å². The first-order chi connectivity index (χ1) is 9.02. The number of hydrogen-bond acceptors (Lipinski definition) is 2. The monoisotopic (exact) mass is 357 g/mol. The van der Waals surface area contributed by atoms with Gasteiger partial charge in [-0.1, -0.05) is 42.3 Å². The first kappa shape index (κ1) is 15.0. The van der Waals surface area contributed by atoms with Crippen LogP contribution in [0.25, 0.3) is 0 Å². The van der Waals surface area contributed by atoms with E-state index in [9.17, 15) is 0 Å². The van der Waals surface area contributed by atoms with Gasteiger partial charge in [0.2, 0.25) is 0 Å². The summed E-state index contributed by atoms with van der Waals surface area (Å²) in [4.78, 5) is 1.24. The molecule has 19 heavy (non-hydrogen) atoms. The molecule has 0 amide bonds. The number of aryl methyl sites for hydroxylation is 2. The van der Waals surface area contributed by atoms with Crippen molar-refractivity contribution in [2.24, 2.45) is 0 Å². The Labute approximate surface area is 132 Å². The molecule has 102 valence electrons. The second-order valence-electron chi connectivity index (χ2n) is 4.62. The zero-order valence-electron chi connectivity index (χ0n) is 11.3. The Balaban J connectivity index is 2.44. The second kappa shape index (κ2) is 6.40. The quantitative estimate of drug-likeness (QED) is 0.763. The van der Waals surface area contributed by atoms with Crippen LogP contribution in [0, 0.1) is 13.8 Å².